The van der Waals surface area contributed by atoms with Gasteiger partial charge in [-0.1, -0.05) is 35.5 Å². The topological polar surface area (TPSA) is 156 Å². The van der Waals surface area contributed by atoms with Crippen LogP contribution in [0.25, 0.3) is 22.5 Å². The molecular weight excluding hydrogens is 512 g/mol. The molecule has 4 heterocycles. The Bertz CT molecular complexity index is 1700. The maximum absolute atomic E-state index is 12.7. The number of aliphatic hydroxyl groups is 2. The van der Waals surface area contributed by atoms with Crippen LogP contribution >= 0.6 is 0 Å². The molecule has 1 atom stereocenters. The molecule has 0 amide bonds. The predicted octanol–water partition coefficient (Wildman–Crippen LogP) is 3.88. The van der Waals surface area contributed by atoms with Crippen molar-refractivity contribution in [3.63, 3.8) is 0 Å². The zero-order valence-electron chi connectivity index (χ0n) is 23.0. The van der Waals surface area contributed by atoms with Crippen molar-refractivity contribution >= 4 is 28.4 Å². The Morgan fingerprint density at radius 1 is 1.07 bits per heavy atom. The van der Waals surface area contributed by atoms with E-state index in [9.17, 15) is 15.0 Å². The highest BCUT2D eigenvalue weighted by atomic mass is 16.5. The van der Waals surface area contributed by atoms with Crippen LogP contribution in [0.1, 0.15) is 51.2 Å². The number of nitrogens with one attached hydrogen (secondary N) is 2. The van der Waals surface area contributed by atoms with Crippen LogP contribution in [0.3, 0.4) is 0 Å². The number of nitrogens with zero attached hydrogens (tertiary/aromatic N) is 6. The molecule has 4 N–H and O–H groups in total. The smallest absolute Gasteiger partial charge is 0.275 e. The molecule has 1 aromatic carbocycles. The Morgan fingerprint density at radius 2 is 1.82 bits per heavy atom. The molecule has 4 aromatic heterocycles. The summed E-state index contributed by atoms with van der Waals surface area (Å²) in [6, 6.07) is 14.4. The number of aromatic nitrogens is 6. The summed E-state index contributed by atoms with van der Waals surface area (Å²) < 4.78 is 8.87. The molecule has 0 bridgehead atoms. The van der Waals surface area contributed by atoms with E-state index in [0.29, 0.717) is 33.9 Å². The summed E-state index contributed by atoms with van der Waals surface area (Å²) in [6.45, 7) is 6.94. The first-order valence-corrected chi connectivity index (χ1v) is 12.9. The number of anilines is 3. The van der Waals surface area contributed by atoms with E-state index in [1.807, 2.05) is 48.9 Å². The Morgan fingerprint density at radius 3 is 2.48 bits per heavy atom. The van der Waals surface area contributed by atoms with Gasteiger partial charge in [0.2, 0.25) is 5.82 Å². The summed E-state index contributed by atoms with van der Waals surface area (Å²) in [5.74, 6) is 1.25. The summed E-state index contributed by atoms with van der Waals surface area (Å²) >= 11 is 0. The van der Waals surface area contributed by atoms with Gasteiger partial charge in [-0.25, -0.2) is 9.97 Å². The summed E-state index contributed by atoms with van der Waals surface area (Å²) in [4.78, 5) is 26.3. The van der Waals surface area contributed by atoms with Crippen molar-refractivity contribution in [1.29, 1.82) is 0 Å². The van der Waals surface area contributed by atoms with E-state index < -0.39 is 11.6 Å². The van der Waals surface area contributed by atoms with Crippen molar-refractivity contribution in [1.82, 2.24) is 29.5 Å². The lowest BCUT2D eigenvalue weighted by Gasteiger charge is -2.20. The van der Waals surface area contributed by atoms with Gasteiger partial charge in [0.1, 0.15) is 17.2 Å². The average molecular weight is 545 g/mol. The highest BCUT2D eigenvalue weighted by Crippen LogP contribution is 2.33. The van der Waals surface area contributed by atoms with Crippen LogP contribution in [0.15, 0.2) is 64.0 Å². The summed E-state index contributed by atoms with van der Waals surface area (Å²) in [6.07, 6.45) is 1.57. The Hall–Kier alpha value is -4.55. The largest absolute Gasteiger partial charge is 0.394 e. The number of benzene rings is 1. The van der Waals surface area contributed by atoms with Crippen molar-refractivity contribution in [3.8, 4) is 11.5 Å². The molecule has 208 valence electrons. The average Bonchev–Trinajstić information content (AvgIpc) is 3.51. The van der Waals surface area contributed by atoms with Crippen LogP contribution < -0.4 is 16.2 Å². The molecule has 5 aromatic rings. The van der Waals surface area contributed by atoms with Crippen LogP contribution in [0.5, 0.6) is 0 Å². The lowest BCUT2D eigenvalue weighted by Crippen LogP contribution is -2.20. The molecule has 12 nitrogen and oxygen atoms in total. The molecule has 0 aliphatic heterocycles. The zero-order chi connectivity index (χ0) is 28.6. The van der Waals surface area contributed by atoms with Crippen molar-refractivity contribution in [2.45, 2.75) is 45.4 Å². The number of pyridine rings is 2. The summed E-state index contributed by atoms with van der Waals surface area (Å²) in [5.41, 5.74) is 1.09. The van der Waals surface area contributed by atoms with E-state index in [-0.39, 0.29) is 29.9 Å². The maximum atomic E-state index is 12.7. The molecule has 0 spiro atoms. The minimum absolute atomic E-state index is 0.0303. The van der Waals surface area contributed by atoms with Gasteiger partial charge in [0.15, 0.2) is 5.65 Å². The van der Waals surface area contributed by atoms with E-state index in [1.165, 1.54) is 0 Å². The molecule has 0 saturated carbocycles. The second-order valence-corrected chi connectivity index (χ2v) is 10.3. The third kappa shape index (κ3) is 5.18. The number of rotatable bonds is 9. The second-order valence-electron chi connectivity index (χ2n) is 10.3. The maximum Gasteiger partial charge on any atom is 0.275 e. The Kier molecular flexibility index (Phi) is 7.13. The minimum atomic E-state index is -1.29. The first-order chi connectivity index (χ1) is 19.1. The van der Waals surface area contributed by atoms with Crippen LogP contribution in [0, 0.1) is 0 Å². The second kappa shape index (κ2) is 10.5. The van der Waals surface area contributed by atoms with Gasteiger partial charge in [0.05, 0.1) is 29.3 Å². The van der Waals surface area contributed by atoms with Gasteiger partial charge in [0, 0.05) is 25.4 Å². The number of fused-ring (bicyclic) bond motifs is 1. The van der Waals surface area contributed by atoms with Crippen molar-refractivity contribution in [2.24, 2.45) is 7.05 Å². The molecule has 12 heteroatoms. The standard InChI is InChI=1S/C28H32N8O4/c1-16(2)36-24-18(26(38)35(36)5)11-12-22(32-24)31-23-13-20(30-21(15-37)17-9-7-6-8-10-17)19(14-29-23)25-33-27(34-40-25)28(3,4)39/h6-14,16,21,37,39H,15H2,1-5H3,(H2,29,30,31,32)/t21-/m1/s1. The quantitative estimate of drug-likeness (QED) is 0.215. The Labute approximate surface area is 230 Å². The third-order valence-electron chi connectivity index (χ3n) is 6.51. The van der Waals surface area contributed by atoms with E-state index in [2.05, 4.69) is 25.8 Å². The molecule has 0 aliphatic carbocycles. The predicted molar refractivity (Wildman–Crippen MR) is 151 cm³/mol. The number of hydrogen-bond acceptors (Lipinski definition) is 10. The number of aliphatic hydroxyl groups excluding tert-OH is 1. The zero-order valence-corrected chi connectivity index (χ0v) is 23.0. The van der Waals surface area contributed by atoms with Gasteiger partial charge >= 0.3 is 0 Å². The minimum Gasteiger partial charge on any atom is -0.394 e. The van der Waals surface area contributed by atoms with Gasteiger partial charge < -0.3 is 25.4 Å². The molecular formula is C28H32N8O4. The fraction of sp³-hybridized carbons (Fsp3) is 0.321. The van der Waals surface area contributed by atoms with Gasteiger partial charge in [-0.05, 0) is 45.4 Å². The van der Waals surface area contributed by atoms with Crippen LogP contribution in [-0.2, 0) is 12.6 Å². The normalized spacial score (nSPS) is 12.7. The molecule has 0 saturated heterocycles. The van der Waals surface area contributed by atoms with Crippen molar-refractivity contribution in [3.05, 3.63) is 76.5 Å². The molecule has 40 heavy (non-hydrogen) atoms. The monoisotopic (exact) mass is 544 g/mol. The van der Waals surface area contributed by atoms with Gasteiger partial charge in [-0.3, -0.25) is 14.2 Å². The first-order valence-electron chi connectivity index (χ1n) is 12.9. The Balaban J connectivity index is 1.55. The molecule has 0 unspecified atom stereocenters. The fourth-order valence-corrected chi connectivity index (χ4v) is 4.50. The van der Waals surface area contributed by atoms with Crippen LogP contribution in [0.2, 0.25) is 0 Å². The van der Waals surface area contributed by atoms with E-state index in [1.54, 1.807) is 50.0 Å². The van der Waals surface area contributed by atoms with E-state index >= 15 is 0 Å². The lowest BCUT2D eigenvalue weighted by atomic mass is 10.1. The summed E-state index contributed by atoms with van der Waals surface area (Å²) in [5, 5.41) is 31.5. The summed E-state index contributed by atoms with van der Waals surface area (Å²) in [7, 11) is 1.72. The van der Waals surface area contributed by atoms with E-state index in [4.69, 9.17) is 9.51 Å². The number of hydrogen-bond donors (Lipinski definition) is 4. The highest BCUT2D eigenvalue weighted by molar-refractivity contribution is 5.79. The lowest BCUT2D eigenvalue weighted by molar-refractivity contribution is 0.0661. The third-order valence-corrected chi connectivity index (χ3v) is 6.51. The highest BCUT2D eigenvalue weighted by Gasteiger charge is 2.25. The molecule has 0 radical (unpaired) electrons. The molecule has 0 fully saturated rings. The molecule has 5 rings (SSSR count). The van der Waals surface area contributed by atoms with Gasteiger partial charge in [-0.2, -0.15) is 4.98 Å². The van der Waals surface area contributed by atoms with Gasteiger partial charge in [-0.15, -0.1) is 0 Å². The SMILES string of the molecule is CC(C)n1c2nc(Nc3cc(N[C@H](CO)c4ccccc4)c(-c4nc(C(C)(C)O)no4)cn3)ccc2c(=O)n1C. The molecule has 0 aliphatic rings. The first kappa shape index (κ1) is 27.0. The van der Waals surface area contributed by atoms with Gasteiger partial charge in [0.25, 0.3) is 11.4 Å². The van der Waals surface area contributed by atoms with Crippen molar-refractivity contribution < 1.29 is 14.7 Å². The van der Waals surface area contributed by atoms with E-state index in [0.717, 1.165) is 5.56 Å². The fourth-order valence-electron chi connectivity index (χ4n) is 4.50. The van der Waals surface area contributed by atoms with Crippen molar-refractivity contribution in [2.75, 3.05) is 17.2 Å². The van der Waals surface area contributed by atoms with Crippen LogP contribution in [0.4, 0.5) is 17.3 Å². The van der Waals surface area contributed by atoms with Crippen LogP contribution in [-0.4, -0.2) is 46.3 Å².